The normalized spacial score (nSPS) is 12.0. The van der Waals surface area contributed by atoms with Crippen LogP contribution in [0.15, 0.2) is 77.7 Å². The van der Waals surface area contributed by atoms with Crippen molar-refractivity contribution in [2.75, 3.05) is 17.4 Å². The molecule has 3 aromatic rings. The summed E-state index contributed by atoms with van der Waals surface area (Å²) in [5.74, 6) is -1.54. The predicted octanol–water partition coefficient (Wildman–Crippen LogP) is 4.97. The number of hydrogen-bond donors (Lipinski definition) is 1. The molecule has 1 atom stereocenters. The molecule has 9 heteroatoms. The fraction of sp³-hybridized carbons (Fsp3) is 0.333. The Labute approximate surface area is 230 Å². The minimum absolute atomic E-state index is 0.0297. The standard InChI is InChI=1S/C30H36FN3O4S/c1-5-6-18-32-30(36)24(4)33(20-25-12-10-11-15-28(25)31)29(35)21-34(26-17-16-22(2)23(3)19-26)39(37,38)27-13-8-7-9-14-27/h7-17,19,24H,5-6,18,20-21H2,1-4H3,(H,32,36)/t24-/m0/s1. The van der Waals surface area contributed by atoms with E-state index in [0.29, 0.717) is 12.2 Å². The van der Waals surface area contributed by atoms with Crippen molar-refractivity contribution in [3.63, 3.8) is 0 Å². The van der Waals surface area contributed by atoms with Gasteiger partial charge in [0, 0.05) is 18.7 Å². The highest BCUT2D eigenvalue weighted by Crippen LogP contribution is 2.26. The molecule has 0 aliphatic rings. The average Bonchev–Trinajstić information content (AvgIpc) is 2.92. The van der Waals surface area contributed by atoms with E-state index in [4.69, 9.17) is 0 Å². The smallest absolute Gasteiger partial charge is 0.264 e. The summed E-state index contributed by atoms with van der Waals surface area (Å²) in [5.41, 5.74) is 2.38. The van der Waals surface area contributed by atoms with Crippen LogP contribution >= 0.6 is 0 Å². The van der Waals surface area contributed by atoms with Gasteiger partial charge in [0.15, 0.2) is 0 Å². The van der Waals surface area contributed by atoms with Gasteiger partial charge in [0.1, 0.15) is 18.4 Å². The second-order valence-corrected chi connectivity index (χ2v) is 11.4. The van der Waals surface area contributed by atoms with Crippen molar-refractivity contribution >= 4 is 27.5 Å². The van der Waals surface area contributed by atoms with Crippen LogP contribution in [0.5, 0.6) is 0 Å². The van der Waals surface area contributed by atoms with Gasteiger partial charge in [-0.3, -0.25) is 13.9 Å². The number of halogens is 1. The Morgan fingerprint density at radius 3 is 2.26 bits per heavy atom. The molecule has 0 saturated heterocycles. The molecule has 0 bridgehead atoms. The Morgan fingerprint density at radius 2 is 1.62 bits per heavy atom. The second-order valence-electron chi connectivity index (χ2n) is 9.53. The van der Waals surface area contributed by atoms with E-state index < -0.39 is 40.2 Å². The summed E-state index contributed by atoms with van der Waals surface area (Å²) in [4.78, 5) is 28.1. The van der Waals surface area contributed by atoms with Crippen LogP contribution in [0.1, 0.15) is 43.4 Å². The van der Waals surface area contributed by atoms with Gasteiger partial charge in [-0.15, -0.1) is 0 Å². The number of amides is 2. The maximum absolute atomic E-state index is 14.6. The van der Waals surface area contributed by atoms with Gasteiger partial charge in [0.2, 0.25) is 11.8 Å². The van der Waals surface area contributed by atoms with Crippen LogP contribution in [0.3, 0.4) is 0 Å². The van der Waals surface area contributed by atoms with Crippen LogP contribution in [0.4, 0.5) is 10.1 Å². The number of carbonyl (C=O) groups excluding carboxylic acids is 2. The minimum Gasteiger partial charge on any atom is -0.354 e. The van der Waals surface area contributed by atoms with Gasteiger partial charge >= 0.3 is 0 Å². The molecular weight excluding hydrogens is 517 g/mol. The van der Waals surface area contributed by atoms with E-state index in [2.05, 4.69) is 5.32 Å². The van der Waals surface area contributed by atoms with Crippen LogP contribution in [-0.4, -0.2) is 44.3 Å². The number of benzene rings is 3. The third kappa shape index (κ3) is 7.44. The zero-order valence-corrected chi connectivity index (χ0v) is 23.7. The quantitative estimate of drug-likeness (QED) is 0.321. The zero-order chi connectivity index (χ0) is 28.6. The van der Waals surface area contributed by atoms with Gasteiger partial charge in [-0.2, -0.15) is 0 Å². The van der Waals surface area contributed by atoms with E-state index in [1.165, 1.54) is 23.1 Å². The summed E-state index contributed by atoms with van der Waals surface area (Å²) in [6.07, 6.45) is 1.66. The summed E-state index contributed by atoms with van der Waals surface area (Å²) in [6.45, 7) is 7.01. The molecule has 1 N–H and O–H groups in total. The molecule has 7 nitrogen and oxygen atoms in total. The zero-order valence-electron chi connectivity index (χ0n) is 22.9. The number of rotatable bonds is 12. The number of sulfonamides is 1. The first-order valence-corrected chi connectivity index (χ1v) is 14.5. The Bertz CT molecular complexity index is 1400. The largest absolute Gasteiger partial charge is 0.354 e. The highest BCUT2D eigenvalue weighted by Gasteiger charge is 2.32. The lowest BCUT2D eigenvalue weighted by atomic mass is 10.1. The van der Waals surface area contributed by atoms with Crippen LogP contribution < -0.4 is 9.62 Å². The van der Waals surface area contributed by atoms with Crippen molar-refractivity contribution in [1.29, 1.82) is 0 Å². The average molecular weight is 554 g/mol. The molecule has 0 aliphatic carbocycles. The predicted molar refractivity (Wildman–Crippen MR) is 151 cm³/mol. The van der Waals surface area contributed by atoms with E-state index in [0.717, 1.165) is 28.3 Å². The number of unbranched alkanes of at least 4 members (excludes halogenated alkanes) is 1. The van der Waals surface area contributed by atoms with Crippen molar-refractivity contribution in [2.24, 2.45) is 0 Å². The molecule has 2 amide bonds. The van der Waals surface area contributed by atoms with Crippen molar-refractivity contribution < 1.29 is 22.4 Å². The van der Waals surface area contributed by atoms with E-state index in [9.17, 15) is 22.4 Å². The maximum atomic E-state index is 14.6. The van der Waals surface area contributed by atoms with Gasteiger partial charge in [-0.05, 0) is 68.7 Å². The van der Waals surface area contributed by atoms with Crippen LogP contribution in [0, 0.1) is 19.7 Å². The number of hydrogen-bond acceptors (Lipinski definition) is 4. The Hall–Kier alpha value is -3.72. The lowest BCUT2D eigenvalue weighted by molar-refractivity contribution is -0.139. The van der Waals surface area contributed by atoms with Gasteiger partial charge in [0.25, 0.3) is 10.0 Å². The number of carbonyl (C=O) groups is 2. The molecule has 0 saturated carbocycles. The van der Waals surface area contributed by atoms with Gasteiger partial charge in [0.05, 0.1) is 10.6 Å². The van der Waals surface area contributed by atoms with Crippen molar-refractivity contribution in [3.05, 3.63) is 95.3 Å². The lowest BCUT2D eigenvalue weighted by Gasteiger charge is -2.32. The highest BCUT2D eigenvalue weighted by molar-refractivity contribution is 7.92. The van der Waals surface area contributed by atoms with E-state index in [1.54, 1.807) is 61.5 Å². The SMILES string of the molecule is CCCCNC(=O)[C@H](C)N(Cc1ccccc1F)C(=O)CN(c1ccc(C)c(C)c1)S(=O)(=O)c1ccccc1. The van der Waals surface area contributed by atoms with Crippen molar-refractivity contribution in [2.45, 2.75) is 58.0 Å². The number of nitrogens with one attached hydrogen (secondary N) is 1. The molecular formula is C30H36FN3O4S. The fourth-order valence-corrected chi connectivity index (χ4v) is 5.49. The maximum Gasteiger partial charge on any atom is 0.264 e. The summed E-state index contributed by atoms with van der Waals surface area (Å²) >= 11 is 0. The molecule has 208 valence electrons. The highest BCUT2D eigenvalue weighted by atomic mass is 32.2. The van der Waals surface area contributed by atoms with E-state index in [1.807, 2.05) is 20.8 Å². The van der Waals surface area contributed by atoms with Gasteiger partial charge in [-0.1, -0.05) is 55.8 Å². The Balaban J connectivity index is 2.02. The third-order valence-electron chi connectivity index (χ3n) is 6.68. The fourth-order valence-electron chi connectivity index (χ4n) is 4.06. The molecule has 39 heavy (non-hydrogen) atoms. The number of aryl methyl sites for hydroxylation is 2. The first-order valence-electron chi connectivity index (χ1n) is 13.0. The minimum atomic E-state index is -4.15. The summed E-state index contributed by atoms with van der Waals surface area (Å²) < 4.78 is 43.2. The van der Waals surface area contributed by atoms with Crippen molar-refractivity contribution in [1.82, 2.24) is 10.2 Å². The third-order valence-corrected chi connectivity index (χ3v) is 8.47. The van der Waals surface area contributed by atoms with Crippen LogP contribution in [0.25, 0.3) is 0 Å². The second kappa shape index (κ2) is 13.4. The van der Waals surface area contributed by atoms with E-state index in [-0.39, 0.29) is 17.0 Å². The summed E-state index contributed by atoms with van der Waals surface area (Å²) in [5, 5.41) is 2.82. The monoisotopic (exact) mass is 553 g/mol. The molecule has 0 unspecified atom stereocenters. The molecule has 3 aromatic carbocycles. The molecule has 0 fully saturated rings. The van der Waals surface area contributed by atoms with Crippen LogP contribution in [0.2, 0.25) is 0 Å². The van der Waals surface area contributed by atoms with Crippen LogP contribution in [-0.2, 0) is 26.2 Å². The summed E-state index contributed by atoms with van der Waals surface area (Å²) in [6, 6.07) is 18.1. The molecule has 0 aromatic heterocycles. The lowest BCUT2D eigenvalue weighted by Crippen LogP contribution is -2.51. The summed E-state index contributed by atoms with van der Waals surface area (Å²) in [7, 11) is -4.15. The topological polar surface area (TPSA) is 86.8 Å². The molecule has 0 aliphatic heterocycles. The first-order chi connectivity index (χ1) is 18.6. The Kier molecular flexibility index (Phi) is 10.2. The van der Waals surface area contributed by atoms with Gasteiger partial charge < -0.3 is 10.2 Å². The number of nitrogens with zero attached hydrogens (tertiary/aromatic N) is 2. The molecule has 0 radical (unpaired) electrons. The first kappa shape index (κ1) is 29.8. The molecule has 0 spiro atoms. The van der Waals surface area contributed by atoms with Crippen molar-refractivity contribution in [3.8, 4) is 0 Å². The molecule has 0 heterocycles. The Morgan fingerprint density at radius 1 is 0.949 bits per heavy atom. The number of anilines is 1. The van der Waals surface area contributed by atoms with Gasteiger partial charge in [-0.25, -0.2) is 12.8 Å². The molecule has 3 rings (SSSR count). The van der Waals surface area contributed by atoms with E-state index >= 15 is 0 Å².